The molecule has 0 radical (unpaired) electrons. The summed E-state index contributed by atoms with van der Waals surface area (Å²) in [5.74, 6) is -2.53. The van der Waals surface area contributed by atoms with Gasteiger partial charge in [0, 0.05) is 24.5 Å². The molecule has 0 aliphatic carbocycles. The number of carbonyl (C=O) groups excluding carboxylic acids is 2. The molecule has 0 aromatic heterocycles. The summed E-state index contributed by atoms with van der Waals surface area (Å²) in [5, 5.41) is 0. The van der Waals surface area contributed by atoms with E-state index in [0.717, 1.165) is 31.4 Å². The molecule has 0 aromatic carbocycles. The topological polar surface area (TPSA) is 52.6 Å². The Morgan fingerprint density at radius 1 is 1.16 bits per heavy atom. The van der Waals surface area contributed by atoms with Crippen LogP contribution in [-0.2, 0) is 19.1 Å². The lowest BCUT2D eigenvalue weighted by molar-refractivity contribution is -0.242. The molecule has 0 aliphatic rings. The predicted octanol–water partition coefficient (Wildman–Crippen LogP) is 3.38. The summed E-state index contributed by atoms with van der Waals surface area (Å²) in [6, 6.07) is 0. The maximum Gasteiger partial charge on any atom is 0.333 e. The van der Waals surface area contributed by atoms with Crippen LogP contribution in [0.3, 0.4) is 0 Å². The number of ether oxygens (including phenoxy) is 2. The molecule has 0 saturated heterocycles. The molecule has 4 heteroatoms. The fourth-order valence-corrected chi connectivity index (χ4v) is 1.87. The van der Waals surface area contributed by atoms with Crippen molar-refractivity contribution in [1.29, 1.82) is 0 Å². The molecule has 0 saturated carbocycles. The molecule has 0 spiro atoms. The first kappa shape index (κ1) is 17.4. The molecular formula is C15H24O4. The Morgan fingerprint density at radius 2 is 1.63 bits per heavy atom. The van der Waals surface area contributed by atoms with Crippen LogP contribution in [0.1, 0.15) is 46.5 Å². The Hall–Kier alpha value is -1.58. The average Bonchev–Trinajstić information content (AvgIpc) is 2.43. The zero-order valence-corrected chi connectivity index (χ0v) is 12.1. The van der Waals surface area contributed by atoms with E-state index in [1.807, 2.05) is 13.8 Å². The van der Waals surface area contributed by atoms with Crippen molar-refractivity contribution < 1.29 is 19.1 Å². The van der Waals surface area contributed by atoms with Crippen LogP contribution in [0.15, 0.2) is 25.3 Å². The van der Waals surface area contributed by atoms with Gasteiger partial charge in [0.05, 0.1) is 0 Å². The molecule has 19 heavy (non-hydrogen) atoms. The predicted molar refractivity (Wildman–Crippen MR) is 74.3 cm³/mol. The van der Waals surface area contributed by atoms with Crippen molar-refractivity contribution in [3.8, 4) is 0 Å². The number of carbonyl (C=O) groups is 2. The summed E-state index contributed by atoms with van der Waals surface area (Å²) in [6.07, 6.45) is 5.32. The average molecular weight is 268 g/mol. The first-order valence-corrected chi connectivity index (χ1v) is 6.66. The van der Waals surface area contributed by atoms with Gasteiger partial charge in [-0.2, -0.15) is 0 Å². The van der Waals surface area contributed by atoms with Gasteiger partial charge in [0.1, 0.15) is 0 Å². The standard InChI is InChI=1S/C15H24O4/c1-6-10-11-12(5)15(9-4,18-13(16)7-2)19-14(17)8-3/h7-8,12H,2-3,6,9-11H2,1,4-5H3. The molecule has 0 fully saturated rings. The fraction of sp³-hybridized carbons (Fsp3) is 0.600. The van der Waals surface area contributed by atoms with Crippen LogP contribution in [0.25, 0.3) is 0 Å². The Morgan fingerprint density at radius 3 is 1.95 bits per heavy atom. The highest BCUT2D eigenvalue weighted by atomic mass is 16.7. The Kier molecular flexibility index (Phi) is 7.80. The lowest BCUT2D eigenvalue weighted by atomic mass is 9.92. The van der Waals surface area contributed by atoms with Gasteiger partial charge in [0.2, 0.25) is 0 Å². The van der Waals surface area contributed by atoms with E-state index in [2.05, 4.69) is 20.1 Å². The number of rotatable bonds is 9. The minimum atomic E-state index is -1.24. The molecular weight excluding hydrogens is 244 g/mol. The lowest BCUT2D eigenvalue weighted by Gasteiger charge is -2.36. The van der Waals surface area contributed by atoms with Gasteiger partial charge in [0.15, 0.2) is 0 Å². The van der Waals surface area contributed by atoms with E-state index < -0.39 is 17.7 Å². The van der Waals surface area contributed by atoms with Gasteiger partial charge in [-0.15, -0.1) is 0 Å². The van der Waals surface area contributed by atoms with Crippen LogP contribution in [-0.4, -0.2) is 17.7 Å². The zero-order chi connectivity index (χ0) is 14.9. The second-order valence-electron chi connectivity index (χ2n) is 4.46. The molecule has 0 amide bonds. The third kappa shape index (κ3) is 5.28. The van der Waals surface area contributed by atoms with E-state index in [0.29, 0.717) is 6.42 Å². The molecule has 1 atom stereocenters. The van der Waals surface area contributed by atoms with Crippen molar-refractivity contribution >= 4 is 11.9 Å². The summed E-state index contributed by atoms with van der Waals surface area (Å²) in [5.41, 5.74) is 0. The van der Waals surface area contributed by atoms with Crippen molar-refractivity contribution in [2.75, 3.05) is 0 Å². The smallest absolute Gasteiger partial charge is 0.333 e. The van der Waals surface area contributed by atoms with Crippen molar-refractivity contribution in [1.82, 2.24) is 0 Å². The van der Waals surface area contributed by atoms with Crippen molar-refractivity contribution in [3.05, 3.63) is 25.3 Å². The Balaban J connectivity index is 5.13. The largest absolute Gasteiger partial charge is 0.419 e. The molecule has 1 unspecified atom stereocenters. The van der Waals surface area contributed by atoms with E-state index >= 15 is 0 Å². The van der Waals surface area contributed by atoms with Gasteiger partial charge in [-0.3, -0.25) is 0 Å². The molecule has 0 N–H and O–H groups in total. The highest BCUT2D eigenvalue weighted by Gasteiger charge is 2.41. The van der Waals surface area contributed by atoms with Crippen molar-refractivity contribution in [2.45, 2.75) is 52.2 Å². The van der Waals surface area contributed by atoms with Crippen LogP contribution in [0, 0.1) is 5.92 Å². The minimum Gasteiger partial charge on any atom is -0.419 e. The van der Waals surface area contributed by atoms with Gasteiger partial charge in [-0.05, 0) is 6.42 Å². The van der Waals surface area contributed by atoms with E-state index in [9.17, 15) is 9.59 Å². The zero-order valence-electron chi connectivity index (χ0n) is 12.1. The number of hydrogen-bond donors (Lipinski definition) is 0. The number of unbranched alkanes of at least 4 members (excludes halogenated alkanes) is 1. The summed E-state index contributed by atoms with van der Waals surface area (Å²) >= 11 is 0. The third-order valence-corrected chi connectivity index (χ3v) is 3.11. The van der Waals surface area contributed by atoms with Crippen LogP contribution < -0.4 is 0 Å². The Labute approximate surface area is 115 Å². The molecule has 108 valence electrons. The summed E-state index contributed by atoms with van der Waals surface area (Å²) in [7, 11) is 0. The van der Waals surface area contributed by atoms with Crippen LogP contribution >= 0.6 is 0 Å². The van der Waals surface area contributed by atoms with Crippen molar-refractivity contribution in [2.24, 2.45) is 5.92 Å². The second-order valence-corrected chi connectivity index (χ2v) is 4.46. The number of esters is 2. The van der Waals surface area contributed by atoms with Crippen LogP contribution in [0.5, 0.6) is 0 Å². The maximum absolute atomic E-state index is 11.5. The lowest BCUT2D eigenvalue weighted by Crippen LogP contribution is -2.44. The van der Waals surface area contributed by atoms with Gasteiger partial charge in [-0.25, -0.2) is 9.59 Å². The third-order valence-electron chi connectivity index (χ3n) is 3.11. The summed E-state index contributed by atoms with van der Waals surface area (Å²) < 4.78 is 10.6. The number of hydrogen-bond acceptors (Lipinski definition) is 4. The van der Waals surface area contributed by atoms with E-state index in [1.54, 1.807) is 0 Å². The molecule has 4 nitrogen and oxygen atoms in total. The highest BCUT2D eigenvalue weighted by molar-refractivity contribution is 5.83. The molecule has 0 bridgehead atoms. The normalized spacial score (nSPS) is 12.4. The maximum atomic E-state index is 11.5. The van der Waals surface area contributed by atoms with Gasteiger partial charge in [-0.1, -0.05) is 46.8 Å². The van der Waals surface area contributed by atoms with Crippen LogP contribution in [0.2, 0.25) is 0 Å². The van der Waals surface area contributed by atoms with Gasteiger partial charge < -0.3 is 9.47 Å². The molecule has 0 aromatic rings. The molecule has 0 heterocycles. The fourth-order valence-electron chi connectivity index (χ4n) is 1.87. The van der Waals surface area contributed by atoms with Gasteiger partial charge in [0.25, 0.3) is 5.79 Å². The Bertz CT molecular complexity index is 311. The minimum absolute atomic E-state index is 0.0924. The quantitative estimate of drug-likeness (QED) is 0.365. The molecule has 0 aliphatic heterocycles. The van der Waals surface area contributed by atoms with E-state index in [1.165, 1.54) is 0 Å². The summed E-state index contributed by atoms with van der Waals surface area (Å²) in [6.45, 7) is 12.5. The first-order valence-electron chi connectivity index (χ1n) is 6.66. The summed E-state index contributed by atoms with van der Waals surface area (Å²) in [4.78, 5) is 23.0. The SMILES string of the molecule is C=CC(=O)OC(CC)(OC(=O)C=C)C(C)CCCC. The monoisotopic (exact) mass is 268 g/mol. The van der Waals surface area contributed by atoms with E-state index in [-0.39, 0.29) is 5.92 Å². The van der Waals surface area contributed by atoms with Crippen molar-refractivity contribution in [3.63, 3.8) is 0 Å². The first-order chi connectivity index (χ1) is 8.95. The van der Waals surface area contributed by atoms with Crippen LogP contribution in [0.4, 0.5) is 0 Å². The highest BCUT2D eigenvalue weighted by Crippen LogP contribution is 2.32. The molecule has 0 rings (SSSR count). The second kappa shape index (κ2) is 8.51. The van der Waals surface area contributed by atoms with E-state index in [4.69, 9.17) is 9.47 Å². The van der Waals surface area contributed by atoms with Gasteiger partial charge >= 0.3 is 11.9 Å².